The lowest BCUT2D eigenvalue weighted by molar-refractivity contribution is -0.904. The summed E-state index contributed by atoms with van der Waals surface area (Å²) < 4.78 is 11.7. The van der Waals surface area contributed by atoms with Gasteiger partial charge in [0, 0.05) is 28.3 Å². The van der Waals surface area contributed by atoms with Gasteiger partial charge in [0.15, 0.2) is 11.5 Å². The standard InChI is InChI=1S/C29H25Cl3N2O5/c1-38-26-11-10-17(12-27(26)39-2)20(13-21-23(31)15-34(37)16-24(21)32)28-18(6-5-7-19(28)29(35)36)14-33-25-9-4-3-8-22(25)30/h3-12,15-16,20,33H,13-14H2,1-2H3,(H-,35,36,37)/t20-/m0/s1. The Balaban J connectivity index is 1.91. The minimum absolute atomic E-state index is 0.0219. The molecule has 7 nitrogen and oxygen atoms in total. The maximum absolute atomic E-state index is 12.4. The van der Waals surface area contributed by atoms with Crippen molar-refractivity contribution in [2.45, 2.75) is 18.9 Å². The van der Waals surface area contributed by atoms with Gasteiger partial charge >= 0.3 is 0 Å². The second kappa shape index (κ2) is 12.5. The number of para-hydroxylation sites is 1. The molecule has 4 aromatic rings. The van der Waals surface area contributed by atoms with Crippen LogP contribution in [0.25, 0.3) is 0 Å². The van der Waals surface area contributed by atoms with Gasteiger partial charge in [0.25, 0.3) is 0 Å². The summed E-state index contributed by atoms with van der Waals surface area (Å²) in [5.41, 5.74) is 3.20. The van der Waals surface area contributed by atoms with E-state index in [1.54, 1.807) is 24.3 Å². The molecule has 0 spiro atoms. The number of anilines is 1. The molecule has 1 aromatic heterocycles. The van der Waals surface area contributed by atoms with Crippen LogP contribution in [-0.2, 0) is 13.0 Å². The van der Waals surface area contributed by atoms with Gasteiger partial charge in [-0.25, -0.2) is 0 Å². The van der Waals surface area contributed by atoms with E-state index < -0.39 is 11.9 Å². The SMILES string of the molecule is COc1ccc([C@H](Cc2c(Cl)c[n+](O)cc2Cl)c2c(CNc3ccccc3Cl)cccc2C(=O)[O-])cc1OC. The minimum Gasteiger partial charge on any atom is -0.545 e. The zero-order valence-corrected chi connectivity index (χ0v) is 23.3. The number of hydrogen-bond acceptors (Lipinski definition) is 6. The van der Waals surface area contributed by atoms with E-state index in [2.05, 4.69) is 5.32 Å². The van der Waals surface area contributed by atoms with E-state index in [1.165, 1.54) is 32.7 Å². The number of rotatable bonds is 10. The van der Waals surface area contributed by atoms with E-state index in [1.807, 2.05) is 30.3 Å². The largest absolute Gasteiger partial charge is 0.545 e. The number of nitrogens with one attached hydrogen (secondary N) is 1. The highest BCUT2D eigenvalue weighted by Crippen LogP contribution is 2.40. The third-order valence-electron chi connectivity index (χ3n) is 6.39. The van der Waals surface area contributed by atoms with Gasteiger partial charge in [0.1, 0.15) is 10.0 Å². The first-order valence-corrected chi connectivity index (χ1v) is 13.0. The van der Waals surface area contributed by atoms with E-state index >= 15 is 0 Å². The third kappa shape index (κ3) is 6.33. The Morgan fingerprint density at radius 3 is 2.28 bits per heavy atom. The highest BCUT2D eigenvalue weighted by molar-refractivity contribution is 6.35. The van der Waals surface area contributed by atoms with E-state index in [0.717, 1.165) is 10.3 Å². The number of benzene rings is 3. The number of carboxylic acid groups (broad SMARTS) is 1. The van der Waals surface area contributed by atoms with Crippen molar-refractivity contribution in [3.05, 3.63) is 116 Å². The number of carbonyl (C=O) groups excluding carboxylic acids is 1. The van der Waals surface area contributed by atoms with E-state index in [9.17, 15) is 15.1 Å². The smallest absolute Gasteiger partial charge is 0.241 e. The zero-order chi connectivity index (χ0) is 28.1. The molecule has 0 unspecified atom stereocenters. The van der Waals surface area contributed by atoms with Gasteiger partial charge in [-0.1, -0.05) is 71.2 Å². The second-order valence-electron chi connectivity index (χ2n) is 8.68. The molecule has 1 atom stereocenters. The van der Waals surface area contributed by atoms with Crippen molar-refractivity contribution < 1.29 is 29.3 Å². The van der Waals surface area contributed by atoms with Crippen molar-refractivity contribution in [1.82, 2.24) is 0 Å². The van der Waals surface area contributed by atoms with Gasteiger partial charge < -0.3 is 24.7 Å². The number of ether oxygens (including phenoxy) is 2. The van der Waals surface area contributed by atoms with Crippen molar-refractivity contribution in [3.63, 3.8) is 0 Å². The number of nitrogens with zero attached hydrogens (tertiary/aromatic N) is 1. The molecule has 0 aliphatic rings. The Morgan fingerprint density at radius 1 is 0.949 bits per heavy atom. The highest BCUT2D eigenvalue weighted by Gasteiger charge is 2.27. The van der Waals surface area contributed by atoms with Crippen LogP contribution < -0.4 is 24.6 Å². The fourth-order valence-electron chi connectivity index (χ4n) is 4.55. The molecule has 0 saturated carbocycles. The number of methoxy groups -OCH3 is 2. The quantitative estimate of drug-likeness (QED) is 0.187. The Bertz CT molecular complexity index is 1490. The average Bonchev–Trinajstić information content (AvgIpc) is 2.91. The Kier molecular flexibility index (Phi) is 9.07. The molecular weight excluding hydrogens is 563 g/mol. The third-order valence-corrected chi connectivity index (χ3v) is 7.37. The monoisotopic (exact) mass is 586 g/mol. The van der Waals surface area contributed by atoms with Gasteiger partial charge in [0.2, 0.25) is 12.4 Å². The van der Waals surface area contributed by atoms with Crippen molar-refractivity contribution in [2.24, 2.45) is 0 Å². The summed E-state index contributed by atoms with van der Waals surface area (Å²) in [5, 5.41) is 26.6. The Morgan fingerprint density at radius 2 is 1.64 bits per heavy atom. The molecule has 0 amide bonds. The van der Waals surface area contributed by atoms with Gasteiger partial charge in [0.05, 0.1) is 30.9 Å². The fraction of sp³-hybridized carbons (Fsp3) is 0.172. The van der Waals surface area contributed by atoms with Crippen molar-refractivity contribution in [2.75, 3.05) is 19.5 Å². The van der Waals surface area contributed by atoms with Crippen LogP contribution in [0.5, 0.6) is 11.5 Å². The summed E-state index contributed by atoms with van der Waals surface area (Å²) in [6.07, 6.45) is 2.84. The molecular formula is C29H25Cl3N2O5. The van der Waals surface area contributed by atoms with Gasteiger partial charge in [-0.3, -0.25) is 5.21 Å². The first-order chi connectivity index (χ1) is 18.7. The van der Waals surface area contributed by atoms with Crippen molar-refractivity contribution in [1.29, 1.82) is 0 Å². The molecule has 2 N–H and O–H groups in total. The molecule has 0 fully saturated rings. The van der Waals surface area contributed by atoms with Crippen LogP contribution in [0.2, 0.25) is 15.1 Å². The van der Waals surface area contributed by atoms with Crippen LogP contribution in [0.15, 0.2) is 73.1 Å². The Hall–Kier alpha value is -3.65. The molecule has 3 aromatic carbocycles. The molecule has 1 heterocycles. The summed E-state index contributed by atoms with van der Waals surface area (Å²) in [6.45, 7) is 0.275. The number of aromatic nitrogens is 1. The maximum Gasteiger partial charge on any atom is 0.241 e. The molecule has 0 saturated heterocycles. The van der Waals surface area contributed by atoms with Crippen molar-refractivity contribution in [3.8, 4) is 11.5 Å². The molecule has 0 aliphatic heterocycles. The van der Waals surface area contributed by atoms with Crippen LogP contribution in [-0.4, -0.2) is 25.4 Å². The predicted molar refractivity (Wildman–Crippen MR) is 148 cm³/mol. The number of pyridine rings is 1. The molecule has 202 valence electrons. The lowest BCUT2D eigenvalue weighted by Gasteiger charge is -2.26. The van der Waals surface area contributed by atoms with Crippen molar-refractivity contribution >= 4 is 46.5 Å². The van der Waals surface area contributed by atoms with E-state index in [-0.39, 0.29) is 28.6 Å². The van der Waals surface area contributed by atoms with Gasteiger partial charge in [-0.05, 0) is 47.4 Å². The summed E-state index contributed by atoms with van der Waals surface area (Å²) in [7, 11) is 3.06. The van der Waals surface area contributed by atoms with Gasteiger partial charge in [-0.15, -0.1) is 0 Å². The van der Waals surface area contributed by atoms with Crippen LogP contribution in [0.3, 0.4) is 0 Å². The zero-order valence-electron chi connectivity index (χ0n) is 21.1. The second-order valence-corrected chi connectivity index (χ2v) is 9.90. The Labute approximate surface area is 241 Å². The highest BCUT2D eigenvalue weighted by atomic mass is 35.5. The molecule has 0 bridgehead atoms. The average molecular weight is 588 g/mol. The summed E-state index contributed by atoms with van der Waals surface area (Å²) >= 11 is 19.3. The normalized spacial score (nSPS) is 11.6. The number of carbonyl (C=O) groups is 1. The molecule has 0 aliphatic carbocycles. The first kappa shape index (κ1) is 28.4. The van der Waals surface area contributed by atoms with Crippen LogP contribution in [0, 0.1) is 0 Å². The topological polar surface area (TPSA) is 94.7 Å². The molecule has 0 radical (unpaired) electrons. The number of hydrogen-bond donors (Lipinski definition) is 2. The van der Waals surface area contributed by atoms with E-state index in [0.29, 0.717) is 38.9 Å². The summed E-state index contributed by atoms with van der Waals surface area (Å²) in [4.78, 5) is 12.4. The lowest BCUT2D eigenvalue weighted by Crippen LogP contribution is -2.29. The number of aromatic carboxylic acids is 1. The minimum atomic E-state index is -1.33. The van der Waals surface area contributed by atoms with Crippen LogP contribution in [0.4, 0.5) is 5.69 Å². The summed E-state index contributed by atoms with van der Waals surface area (Å²) in [5.74, 6) is -0.897. The number of carboxylic acids is 1. The summed E-state index contributed by atoms with van der Waals surface area (Å²) in [6, 6.07) is 17.7. The lowest BCUT2D eigenvalue weighted by atomic mass is 9.81. The molecule has 4 rings (SSSR count). The van der Waals surface area contributed by atoms with E-state index in [4.69, 9.17) is 44.3 Å². The predicted octanol–water partition coefficient (Wildman–Crippen LogP) is 5.54. The molecule has 39 heavy (non-hydrogen) atoms. The fourth-order valence-corrected chi connectivity index (χ4v) is 5.36. The first-order valence-electron chi connectivity index (χ1n) is 11.8. The maximum atomic E-state index is 12.4. The van der Waals surface area contributed by atoms with Gasteiger partial charge in [-0.2, -0.15) is 0 Å². The van der Waals surface area contributed by atoms with Crippen LogP contribution in [0.1, 0.15) is 38.5 Å². The number of halogens is 3. The molecule has 10 heteroatoms. The van der Waals surface area contributed by atoms with Crippen LogP contribution >= 0.6 is 34.8 Å².